The van der Waals surface area contributed by atoms with E-state index in [-0.39, 0.29) is 17.1 Å². The Hall–Kier alpha value is -2.41. The first kappa shape index (κ1) is 17.7. The first-order valence-electron chi connectivity index (χ1n) is 9.99. The highest BCUT2D eigenvalue weighted by atomic mass is 16.5. The van der Waals surface area contributed by atoms with Crippen molar-refractivity contribution in [1.29, 1.82) is 0 Å². The second-order valence-corrected chi connectivity index (χ2v) is 9.19. The van der Waals surface area contributed by atoms with E-state index in [0.29, 0.717) is 36.0 Å². The average molecular weight is 383 g/mol. The summed E-state index contributed by atoms with van der Waals surface area (Å²) in [5.41, 5.74) is 0.804. The van der Waals surface area contributed by atoms with Crippen LogP contribution in [0.1, 0.15) is 49.9 Å². The van der Waals surface area contributed by atoms with Crippen molar-refractivity contribution in [3.63, 3.8) is 0 Å². The molecule has 3 fully saturated rings. The van der Waals surface area contributed by atoms with E-state index < -0.39 is 5.76 Å². The Morgan fingerprint density at radius 3 is 2.61 bits per heavy atom. The van der Waals surface area contributed by atoms with E-state index in [1.807, 2.05) is 4.90 Å². The second kappa shape index (κ2) is 6.04. The van der Waals surface area contributed by atoms with Crippen molar-refractivity contribution in [2.45, 2.75) is 50.7 Å². The van der Waals surface area contributed by atoms with Gasteiger partial charge in [-0.1, -0.05) is 17.3 Å². The minimum atomic E-state index is -0.595. The molecule has 1 N–H and O–H groups in total. The molecule has 1 spiro atoms. The molecule has 28 heavy (non-hydrogen) atoms. The number of carbonyl (C=O) groups excluding carboxylic acids is 1. The maximum atomic E-state index is 13.3. The van der Waals surface area contributed by atoms with Gasteiger partial charge in [0.1, 0.15) is 0 Å². The summed E-state index contributed by atoms with van der Waals surface area (Å²) in [7, 11) is 0. The summed E-state index contributed by atoms with van der Waals surface area (Å²) in [4.78, 5) is 28.9. The summed E-state index contributed by atoms with van der Waals surface area (Å²) in [5.74, 6) is 1.11. The van der Waals surface area contributed by atoms with Crippen LogP contribution in [0.4, 0.5) is 0 Å². The predicted octanol–water partition coefficient (Wildman–Crippen LogP) is 2.84. The normalized spacial score (nSPS) is 30.9. The molecule has 2 saturated carbocycles. The molecule has 1 aromatic carbocycles. The number of carbonyl (C=O) groups is 1. The fourth-order valence-electron chi connectivity index (χ4n) is 5.62. The molecule has 3 atom stereocenters. The van der Waals surface area contributed by atoms with Crippen LogP contribution in [0.15, 0.2) is 33.6 Å². The maximum Gasteiger partial charge on any atom is 0.439 e. The number of nitrogens with zero attached hydrogens (tertiary/aromatic N) is 2. The molecular formula is C21H25N3O4. The van der Waals surface area contributed by atoms with Crippen LogP contribution in [0.3, 0.4) is 0 Å². The standard InChI is InChI=1S/C21H25N3O4/c1-20(2)11-24(12-21(28-20)10-13-3-8-16(21)9-13)18(25)15-6-4-14(5-7-15)17-22-19(26)27-23-17/h4-7,13,16H,3,8-12H2,1-2H3,(H,22,23,26)/t13-,16+,21+/m1/s1. The van der Waals surface area contributed by atoms with Crippen LogP contribution in [0, 0.1) is 11.8 Å². The number of H-pyrrole nitrogens is 1. The smallest absolute Gasteiger partial charge is 0.365 e. The fraction of sp³-hybridized carbons (Fsp3) is 0.571. The van der Waals surface area contributed by atoms with Crippen molar-refractivity contribution >= 4 is 5.91 Å². The number of amides is 1. The summed E-state index contributed by atoms with van der Waals surface area (Å²) in [6.07, 6.45) is 4.83. The number of aromatic amines is 1. The number of benzene rings is 1. The van der Waals surface area contributed by atoms with E-state index in [4.69, 9.17) is 4.74 Å². The second-order valence-electron chi connectivity index (χ2n) is 9.19. The molecule has 5 rings (SSSR count). The molecule has 1 aromatic heterocycles. The molecule has 1 aliphatic heterocycles. The van der Waals surface area contributed by atoms with Gasteiger partial charge in [-0.05, 0) is 63.5 Å². The van der Waals surface area contributed by atoms with Gasteiger partial charge in [-0.25, -0.2) is 4.79 Å². The van der Waals surface area contributed by atoms with Gasteiger partial charge < -0.3 is 9.64 Å². The lowest BCUT2D eigenvalue weighted by atomic mass is 9.81. The number of nitrogens with one attached hydrogen (secondary N) is 1. The third kappa shape index (κ3) is 2.89. The zero-order valence-corrected chi connectivity index (χ0v) is 16.2. The number of aromatic nitrogens is 2. The molecular weight excluding hydrogens is 358 g/mol. The van der Waals surface area contributed by atoms with Gasteiger partial charge in [0.05, 0.1) is 17.7 Å². The van der Waals surface area contributed by atoms with Gasteiger partial charge in [-0.3, -0.25) is 14.3 Å². The van der Waals surface area contributed by atoms with E-state index in [0.717, 1.165) is 12.3 Å². The largest absolute Gasteiger partial charge is 0.439 e. The third-order valence-corrected chi connectivity index (χ3v) is 6.56. The maximum absolute atomic E-state index is 13.3. The number of fused-ring (bicyclic) bond motifs is 3. The van der Waals surface area contributed by atoms with Gasteiger partial charge in [0.2, 0.25) is 0 Å². The van der Waals surface area contributed by atoms with E-state index in [1.54, 1.807) is 24.3 Å². The zero-order valence-electron chi connectivity index (χ0n) is 16.2. The van der Waals surface area contributed by atoms with Gasteiger partial charge in [0.25, 0.3) is 5.91 Å². The topological polar surface area (TPSA) is 88.4 Å². The minimum Gasteiger partial charge on any atom is -0.365 e. The lowest BCUT2D eigenvalue weighted by Crippen LogP contribution is -2.62. The van der Waals surface area contributed by atoms with Gasteiger partial charge in [0, 0.05) is 17.7 Å². The Labute approximate surface area is 163 Å². The SMILES string of the molecule is CC1(C)CN(C(=O)c2ccc(-c3noc(=O)[nH]3)cc2)C[C@]2(C[C@@H]3CC[C@H]2C3)O1. The molecule has 3 aliphatic rings. The molecule has 7 heteroatoms. The fourth-order valence-corrected chi connectivity index (χ4v) is 5.62. The van der Waals surface area contributed by atoms with Crippen LogP contribution in [0.25, 0.3) is 11.4 Å². The zero-order chi connectivity index (χ0) is 19.5. The van der Waals surface area contributed by atoms with Gasteiger partial charge in [0.15, 0.2) is 5.82 Å². The number of morpholine rings is 1. The van der Waals surface area contributed by atoms with Crippen molar-refractivity contribution in [3.8, 4) is 11.4 Å². The Kier molecular flexibility index (Phi) is 3.81. The Morgan fingerprint density at radius 2 is 2.00 bits per heavy atom. The molecule has 2 bridgehead atoms. The van der Waals surface area contributed by atoms with E-state index in [1.165, 1.54) is 19.3 Å². The van der Waals surface area contributed by atoms with Crippen LogP contribution >= 0.6 is 0 Å². The molecule has 7 nitrogen and oxygen atoms in total. The summed E-state index contributed by atoms with van der Waals surface area (Å²) in [6, 6.07) is 7.11. The van der Waals surface area contributed by atoms with Crippen molar-refractivity contribution in [2.75, 3.05) is 13.1 Å². The van der Waals surface area contributed by atoms with E-state index in [9.17, 15) is 9.59 Å². The number of hydrogen-bond acceptors (Lipinski definition) is 5. The monoisotopic (exact) mass is 383 g/mol. The highest BCUT2D eigenvalue weighted by molar-refractivity contribution is 5.94. The van der Waals surface area contributed by atoms with Crippen molar-refractivity contribution in [2.24, 2.45) is 11.8 Å². The first-order valence-corrected chi connectivity index (χ1v) is 9.99. The van der Waals surface area contributed by atoms with Crippen LogP contribution in [-0.4, -0.2) is 45.2 Å². The summed E-state index contributed by atoms with van der Waals surface area (Å²) in [6.45, 7) is 5.44. The van der Waals surface area contributed by atoms with Crippen molar-refractivity contribution < 1.29 is 14.1 Å². The number of hydrogen-bond donors (Lipinski definition) is 1. The Balaban J connectivity index is 1.39. The summed E-state index contributed by atoms with van der Waals surface area (Å²) >= 11 is 0. The van der Waals surface area contributed by atoms with E-state index >= 15 is 0 Å². The lowest BCUT2D eigenvalue weighted by Gasteiger charge is -2.52. The van der Waals surface area contributed by atoms with E-state index in [2.05, 4.69) is 28.5 Å². The van der Waals surface area contributed by atoms with Crippen LogP contribution in [0.2, 0.25) is 0 Å². The lowest BCUT2D eigenvalue weighted by molar-refractivity contribution is -0.208. The highest BCUT2D eigenvalue weighted by Crippen LogP contribution is 2.55. The molecule has 2 aromatic rings. The van der Waals surface area contributed by atoms with Crippen LogP contribution < -0.4 is 5.76 Å². The Bertz CT molecular complexity index is 961. The molecule has 0 radical (unpaired) electrons. The molecule has 0 unspecified atom stereocenters. The molecule has 1 amide bonds. The quantitative estimate of drug-likeness (QED) is 0.861. The average Bonchev–Trinajstić information content (AvgIpc) is 3.36. The first-order chi connectivity index (χ1) is 13.3. The Morgan fingerprint density at radius 1 is 1.21 bits per heavy atom. The third-order valence-electron chi connectivity index (χ3n) is 6.56. The van der Waals surface area contributed by atoms with Crippen molar-refractivity contribution in [1.82, 2.24) is 15.0 Å². The van der Waals surface area contributed by atoms with Gasteiger partial charge in [-0.2, -0.15) is 0 Å². The van der Waals surface area contributed by atoms with Gasteiger partial charge >= 0.3 is 5.76 Å². The highest BCUT2D eigenvalue weighted by Gasteiger charge is 2.57. The number of ether oxygens (including phenoxy) is 1. The summed E-state index contributed by atoms with van der Waals surface area (Å²) < 4.78 is 11.1. The number of rotatable bonds is 2. The summed E-state index contributed by atoms with van der Waals surface area (Å²) in [5, 5.41) is 3.68. The minimum absolute atomic E-state index is 0.0266. The molecule has 148 valence electrons. The molecule has 2 aliphatic carbocycles. The molecule has 1 saturated heterocycles. The van der Waals surface area contributed by atoms with Crippen LogP contribution in [-0.2, 0) is 4.74 Å². The van der Waals surface area contributed by atoms with Gasteiger partial charge in [-0.15, -0.1) is 0 Å². The predicted molar refractivity (Wildman–Crippen MR) is 102 cm³/mol. The van der Waals surface area contributed by atoms with Crippen molar-refractivity contribution in [3.05, 3.63) is 40.4 Å². The van der Waals surface area contributed by atoms with Crippen LogP contribution in [0.5, 0.6) is 0 Å². The molecule has 2 heterocycles.